The minimum atomic E-state index is -0.122. The standard InChI is InChI=1S/C11H13NOS/c1-7-5-6-13-11(7)10(12)9-4-3-8(2)14-9/h3-6,10H,12H2,1-2H3. The van der Waals surface area contributed by atoms with Crippen LogP contribution in [-0.2, 0) is 0 Å². The molecule has 1 unspecified atom stereocenters. The molecule has 0 radical (unpaired) electrons. The Morgan fingerprint density at radius 2 is 2.07 bits per heavy atom. The van der Waals surface area contributed by atoms with E-state index in [1.807, 2.05) is 13.0 Å². The fourth-order valence-electron chi connectivity index (χ4n) is 1.45. The van der Waals surface area contributed by atoms with Crippen molar-refractivity contribution in [1.82, 2.24) is 0 Å². The van der Waals surface area contributed by atoms with Gasteiger partial charge in [-0.25, -0.2) is 0 Å². The van der Waals surface area contributed by atoms with E-state index in [0.29, 0.717) is 0 Å². The van der Waals surface area contributed by atoms with Crippen LogP contribution in [0.2, 0.25) is 0 Å². The minimum Gasteiger partial charge on any atom is -0.467 e. The van der Waals surface area contributed by atoms with Gasteiger partial charge >= 0.3 is 0 Å². The Morgan fingerprint density at radius 1 is 1.29 bits per heavy atom. The van der Waals surface area contributed by atoms with Crippen LogP contribution in [0.3, 0.4) is 0 Å². The molecule has 2 nitrogen and oxygen atoms in total. The fraction of sp³-hybridized carbons (Fsp3) is 0.273. The van der Waals surface area contributed by atoms with Crippen molar-refractivity contribution in [1.29, 1.82) is 0 Å². The van der Waals surface area contributed by atoms with Gasteiger partial charge in [-0.2, -0.15) is 0 Å². The molecule has 0 saturated heterocycles. The molecule has 2 rings (SSSR count). The van der Waals surface area contributed by atoms with Crippen molar-refractivity contribution in [2.24, 2.45) is 5.73 Å². The molecule has 0 amide bonds. The topological polar surface area (TPSA) is 39.2 Å². The molecule has 2 aromatic heterocycles. The maximum Gasteiger partial charge on any atom is 0.128 e. The molecule has 2 heterocycles. The second-order valence-electron chi connectivity index (χ2n) is 3.39. The van der Waals surface area contributed by atoms with Crippen molar-refractivity contribution in [3.63, 3.8) is 0 Å². The third kappa shape index (κ3) is 1.61. The number of hydrogen-bond acceptors (Lipinski definition) is 3. The van der Waals surface area contributed by atoms with Crippen LogP contribution in [0, 0.1) is 13.8 Å². The van der Waals surface area contributed by atoms with Crippen LogP contribution in [0.15, 0.2) is 28.9 Å². The molecule has 74 valence electrons. The van der Waals surface area contributed by atoms with Gasteiger partial charge in [0, 0.05) is 9.75 Å². The second-order valence-corrected chi connectivity index (χ2v) is 4.71. The van der Waals surface area contributed by atoms with E-state index in [-0.39, 0.29) is 6.04 Å². The lowest BCUT2D eigenvalue weighted by Gasteiger charge is -2.06. The van der Waals surface area contributed by atoms with Gasteiger partial charge < -0.3 is 10.2 Å². The van der Waals surface area contributed by atoms with Crippen LogP contribution < -0.4 is 5.73 Å². The molecule has 2 N–H and O–H groups in total. The molecule has 0 fully saturated rings. The number of furan rings is 1. The summed E-state index contributed by atoms with van der Waals surface area (Å²) < 4.78 is 5.37. The predicted octanol–water partition coefficient (Wildman–Crippen LogP) is 3.01. The van der Waals surface area contributed by atoms with E-state index < -0.39 is 0 Å². The van der Waals surface area contributed by atoms with E-state index in [1.54, 1.807) is 17.6 Å². The van der Waals surface area contributed by atoms with Crippen LogP contribution in [0.4, 0.5) is 0 Å². The van der Waals surface area contributed by atoms with Crippen LogP contribution in [-0.4, -0.2) is 0 Å². The van der Waals surface area contributed by atoms with Crippen LogP contribution in [0.1, 0.15) is 27.1 Å². The molecule has 0 spiro atoms. The van der Waals surface area contributed by atoms with Gasteiger partial charge in [0.2, 0.25) is 0 Å². The molecule has 0 aliphatic rings. The Balaban J connectivity index is 2.33. The number of hydrogen-bond donors (Lipinski definition) is 1. The van der Waals surface area contributed by atoms with Crippen molar-refractivity contribution in [2.75, 3.05) is 0 Å². The van der Waals surface area contributed by atoms with E-state index in [9.17, 15) is 0 Å². The Bertz CT molecular complexity index is 430. The Morgan fingerprint density at radius 3 is 2.57 bits per heavy atom. The normalized spacial score (nSPS) is 13.1. The maximum atomic E-state index is 6.09. The maximum absolute atomic E-state index is 6.09. The first-order chi connectivity index (χ1) is 6.68. The largest absolute Gasteiger partial charge is 0.467 e. The quantitative estimate of drug-likeness (QED) is 0.822. The lowest BCUT2D eigenvalue weighted by molar-refractivity contribution is 0.489. The summed E-state index contributed by atoms with van der Waals surface area (Å²) in [6, 6.07) is 5.96. The number of nitrogens with two attached hydrogens (primary N) is 1. The lowest BCUT2D eigenvalue weighted by atomic mass is 10.1. The minimum absolute atomic E-state index is 0.122. The molecular weight excluding hydrogens is 194 g/mol. The van der Waals surface area contributed by atoms with Gasteiger partial charge in [0.1, 0.15) is 5.76 Å². The Labute approximate surface area is 87.4 Å². The predicted molar refractivity (Wildman–Crippen MR) is 58.5 cm³/mol. The summed E-state index contributed by atoms with van der Waals surface area (Å²) in [6.07, 6.45) is 1.69. The molecule has 0 aliphatic heterocycles. The molecular formula is C11H13NOS. The first-order valence-corrected chi connectivity index (χ1v) is 5.36. The molecule has 3 heteroatoms. The van der Waals surface area contributed by atoms with E-state index in [2.05, 4.69) is 19.1 Å². The number of thiophene rings is 1. The highest BCUT2D eigenvalue weighted by molar-refractivity contribution is 7.12. The van der Waals surface area contributed by atoms with Crippen molar-refractivity contribution < 1.29 is 4.42 Å². The summed E-state index contributed by atoms with van der Waals surface area (Å²) in [5, 5.41) is 0. The SMILES string of the molecule is Cc1ccc(C(N)c2occc2C)s1. The number of rotatable bonds is 2. The van der Waals surface area contributed by atoms with Crippen LogP contribution >= 0.6 is 11.3 Å². The zero-order valence-corrected chi connectivity index (χ0v) is 9.10. The molecule has 0 aromatic carbocycles. The Hall–Kier alpha value is -1.06. The average Bonchev–Trinajstić information content (AvgIpc) is 2.73. The van der Waals surface area contributed by atoms with Crippen molar-refractivity contribution in [3.8, 4) is 0 Å². The van der Waals surface area contributed by atoms with E-state index in [1.165, 1.54) is 4.88 Å². The second kappa shape index (κ2) is 3.59. The molecule has 14 heavy (non-hydrogen) atoms. The first-order valence-electron chi connectivity index (χ1n) is 4.54. The van der Waals surface area contributed by atoms with Gasteiger partial charge in [-0.3, -0.25) is 0 Å². The average molecular weight is 207 g/mol. The van der Waals surface area contributed by atoms with Gasteiger partial charge in [0.15, 0.2) is 0 Å². The fourth-order valence-corrected chi connectivity index (χ4v) is 2.33. The van der Waals surface area contributed by atoms with Gasteiger partial charge in [0.05, 0.1) is 12.3 Å². The summed E-state index contributed by atoms with van der Waals surface area (Å²) in [6.45, 7) is 4.09. The van der Waals surface area contributed by atoms with Gasteiger partial charge in [-0.05, 0) is 37.6 Å². The molecule has 0 bridgehead atoms. The van der Waals surface area contributed by atoms with Gasteiger partial charge in [-0.15, -0.1) is 11.3 Å². The van der Waals surface area contributed by atoms with Gasteiger partial charge in [0.25, 0.3) is 0 Å². The van der Waals surface area contributed by atoms with Gasteiger partial charge in [-0.1, -0.05) is 0 Å². The lowest BCUT2D eigenvalue weighted by Crippen LogP contribution is -2.10. The first kappa shape index (κ1) is 9.49. The third-order valence-corrected chi connectivity index (χ3v) is 3.34. The Kier molecular flexibility index (Phi) is 2.44. The zero-order chi connectivity index (χ0) is 10.1. The smallest absolute Gasteiger partial charge is 0.128 e. The molecule has 2 aromatic rings. The monoisotopic (exact) mass is 207 g/mol. The third-order valence-electron chi connectivity index (χ3n) is 2.25. The zero-order valence-electron chi connectivity index (χ0n) is 8.28. The highest BCUT2D eigenvalue weighted by Gasteiger charge is 2.15. The summed E-state index contributed by atoms with van der Waals surface area (Å²) >= 11 is 1.72. The summed E-state index contributed by atoms with van der Waals surface area (Å²) in [7, 11) is 0. The highest BCUT2D eigenvalue weighted by atomic mass is 32.1. The molecule has 1 atom stereocenters. The number of aryl methyl sites for hydroxylation is 2. The van der Waals surface area contributed by atoms with E-state index in [0.717, 1.165) is 16.2 Å². The van der Waals surface area contributed by atoms with Crippen LogP contribution in [0.25, 0.3) is 0 Å². The summed E-state index contributed by atoms with van der Waals surface area (Å²) in [5.41, 5.74) is 7.21. The summed E-state index contributed by atoms with van der Waals surface area (Å²) in [4.78, 5) is 2.43. The van der Waals surface area contributed by atoms with E-state index >= 15 is 0 Å². The molecule has 0 saturated carbocycles. The van der Waals surface area contributed by atoms with Crippen LogP contribution in [0.5, 0.6) is 0 Å². The van der Waals surface area contributed by atoms with Crippen molar-refractivity contribution >= 4 is 11.3 Å². The summed E-state index contributed by atoms with van der Waals surface area (Å²) in [5.74, 6) is 0.867. The van der Waals surface area contributed by atoms with Crippen molar-refractivity contribution in [3.05, 3.63) is 45.5 Å². The van der Waals surface area contributed by atoms with Crippen molar-refractivity contribution in [2.45, 2.75) is 19.9 Å². The highest BCUT2D eigenvalue weighted by Crippen LogP contribution is 2.28. The molecule has 0 aliphatic carbocycles. The van der Waals surface area contributed by atoms with E-state index in [4.69, 9.17) is 10.2 Å².